The van der Waals surface area contributed by atoms with Gasteiger partial charge in [0.1, 0.15) is 0 Å². The first-order valence-electron chi connectivity index (χ1n) is 10.6. The van der Waals surface area contributed by atoms with Gasteiger partial charge < -0.3 is 5.11 Å². The summed E-state index contributed by atoms with van der Waals surface area (Å²) in [4.78, 5) is 11.8. The summed E-state index contributed by atoms with van der Waals surface area (Å²) in [6, 6.07) is 16.2. The van der Waals surface area contributed by atoms with Gasteiger partial charge in [0.2, 0.25) is 0 Å². The van der Waals surface area contributed by atoms with E-state index in [0.717, 1.165) is 24.8 Å². The van der Waals surface area contributed by atoms with Gasteiger partial charge in [0, 0.05) is 5.92 Å². The third-order valence-electron chi connectivity index (χ3n) is 5.39. The van der Waals surface area contributed by atoms with Crippen molar-refractivity contribution in [2.24, 2.45) is 0 Å². The number of hydrogen-bond acceptors (Lipinski definition) is 1. The highest BCUT2D eigenvalue weighted by Gasteiger charge is 2.22. The fourth-order valence-electron chi connectivity index (χ4n) is 3.92. The van der Waals surface area contributed by atoms with Gasteiger partial charge in [0.15, 0.2) is 0 Å². The molecule has 0 radical (unpaired) electrons. The Labute approximate surface area is 164 Å². The molecule has 0 spiro atoms. The molecular weight excluding hydrogens is 332 g/mol. The van der Waals surface area contributed by atoms with Gasteiger partial charge in [-0.15, -0.1) is 0 Å². The van der Waals surface area contributed by atoms with Crippen LogP contribution in [0.15, 0.2) is 48.5 Å². The Morgan fingerprint density at radius 3 is 2.15 bits per heavy atom. The van der Waals surface area contributed by atoms with Gasteiger partial charge in [0.05, 0.1) is 5.56 Å². The lowest BCUT2D eigenvalue weighted by molar-refractivity contribution is 0.0695. The van der Waals surface area contributed by atoms with E-state index in [2.05, 4.69) is 38.1 Å². The number of carbonyl (C=O) groups is 1. The van der Waals surface area contributed by atoms with Crippen LogP contribution in [0.2, 0.25) is 0 Å². The fourth-order valence-corrected chi connectivity index (χ4v) is 3.92. The second-order valence-corrected chi connectivity index (χ2v) is 7.45. The summed E-state index contributed by atoms with van der Waals surface area (Å²) in [5, 5.41) is 9.71. The van der Waals surface area contributed by atoms with Gasteiger partial charge in [-0.3, -0.25) is 0 Å². The fraction of sp³-hybridized carbons (Fsp3) is 0.480. The molecule has 2 rings (SSSR count). The molecular formula is C25H34O2. The molecule has 0 saturated heterocycles. The number of carboxylic acids is 1. The summed E-state index contributed by atoms with van der Waals surface area (Å²) in [5.74, 6) is -0.667. The molecule has 1 N–H and O–H groups in total. The van der Waals surface area contributed by atoms with Crippen LogP contribution < -0.4 is 0 Å². The normalized spacial score (nSPS) is 12.1. The van der Waals surface area contributed by atoms with Crippen LogP contribution in [-0.2, 0) is 6.42 Å². The monoisotopic (exact) mass is 366 g/mol. The number of hydrogen-bond donors (Lipinski definition) is 1. The largest absolute Gasteiger partial charge is 0.478 e. The first-order chi connectivity index (χ1) is 13.2. The third kappa shape index (κ3) is 6.23. The molecule has 2 aromatic rings. The molecule has 2 nitrogen and oxygen atoms in total. The van der Waals surface area contributed by atoms with Crippen molar-refractivity contribution in [3.63, 3.8) is 0 Å². The van der Waals surface area contributed by atoms with E-state index < -0.39 is 5.97 Å². The zero-order valence-electron chi connectivity index (χ0n) is 16.9. The number of rotatable bonds is 12. The highest BCUT2D eigenvalue weighted by atomic mass is 16.4. The molecule has 0 saturated carbocycles. The first kappa shape index (κ1) is 21.2. The van der Waals surface area contributed by atoms with Crippen molar-refractivity contribution < 1.29 is 9.90 Å². The molecule has 0 aliphatic rings. The third-order valence-corrected chi connectivity index (χ3v) is 5.39. The highest BCUT2D eigenvalue weighted by Crippen LogP contribution is 2.35. The lowest BCUT2D eigenvalue weighted by atomic mass is 9.81. The molecule has 146 valence electrons. The van der Waals surface area contributed by atoms with E-state index in [0.29, 0.717) is 5.56 Å². The molecule has 0 bridgehead atoms. The molecule has 1 atom stereocenters. The van der Waals surface area contributed by atoms with Crippen LogP contribution in [0.25, 0.3) is 0 Å². The number of aryl methyl sites for hydroxylation is 1. The SMILES string of the molecule is CCCCCCC(c1ccccc1CCCCC)c1ccccc1C(=O)O. The lowest BCUT2D eigenvalue weighted by Crippen LogP contribution is -2.11. The number of carboxylic acid groups (broad SMARTS) is 1. The summed E-state index contributed by atoms with van der Waals surface area (Å²) in [7, 11) is 0. The molecule has 0 aliphatic carbocycles. The summed E-state index contributed by atoms with van der Waals surface area (Å²) < 4.78 is 0. The van der Waals surface area contributed by atoms with Crippen molar-refractivity contribution in [1.82, 2.24) is 0 Å². The van der Waals surface area contributed by atoms with Crippen molar-refractivity contribution in [3.8, 4) is 0 Å². The summed E-state index contributed by atoms with van der Waals surface area (Å²) in [6.45, 7) is 4.45. The Bertz CT molecular complexity index is 705. The van der Waals surface area contributed by atoms with Crippen LogP contribution in [0.3, 0.4) is 0 Å². The first-order valence-corrected chi connectivity index (χ1v) is 10.6. The van der Waals surface area contributed by atoms with Crippen molar-refractivity contribution in [2.75, 3.05) is 0 Å². The van der Waals surface area contributed by atoms with E-state index >= 15 is 0 Å². The van der Waals surface area contributed by atoms with E-state index in [1.165, 1.54) is 49.7 Å². The van der Waals surface area contributed by atoms with E-state index in [4.69, 9.17) is 0 Å². The molecule has 0 amide bonds. The number of unbranched alkanes of at least 4 members (excludes halogenated alkanes) is 5. The van der Waals surface area contributed by atoms with E-state index in [9.17, 15) is 9.90 Å². The number of benzene rings is 2. The molecule has 0 fully saturated rings. The Kier molecular flexibility index (Phi) is 9.10. The molecule has 0 heterocycles. The van der Waals surface area contributed by atoms with Gasteiger partial charge >= 0.3 is 5.97 Å². The van der Waals surface area contributed by atoms with Crippen LogP contribution >= 0.6 is 0 Å². The Hall–Kier alpha value is -2.09. The summed E-state index contributed by atoms with van der Waals surface area (Å²) in [5.41, 5.74) is 4.11. The zero-order valence-corrected chi connectivity index (χ0v) is 16.9. The van der Waals surface area contributed by atoms with Crippen molar-refractivity contribution in [1.29, 1.82) is 0 Å². The maximum atomic E-state index is 11.8. The van der Waals surface area contributed by atoms with Crippen molar-refractivity contribution >= 4 is 5.97 Å². The zero-order chi connectivity index (χ0) is 19.5. The summed E-state index contributed by atoms with van der Waals surface area (Å²) in [6.07, 6.45) is 10.5. The van der Waals surface area contributed by atoms with E-state index in [1.54, 1.807) is 6.07 Å². The quantitative estimate of drug-likeness (QED) is 0.403. The minimum atomic E-state index is -0.826. The maximum absolute atomic E-state index is 11.8. The highest BCUT2D eigenvalue weighted by molar-refractivity contribution is 5.89. The average molecular weight is 367 g/mol. The van der Waals surface area contributed by atoms with Crippen LogP contribution in [0.4, 0.5) is 0 Å². The minimum Gasteiger partial charge on any atom is -0.478 e. The second-order valence-electron chi connectivity index (χ2n) is 7.45. The Balaban J connectivity index is 2.37. The maximum Gasteiger partial charge on any atom is 0.335 e. The topological polar surface area (TPSA) is 37.3 Å². The second kappa shape index (κ2) is 11.6. The van der Waals surface area contributed by atoms with Gasteiger partial charge in [-0.2, -0.15) is 0 Å². The van der Waals surface area contributed by atoms with Gasteiger partial charge in [-0.1, -0.05) is 94.8 Å². The standard InChI is InChI=1S/C25H34O2/c1-3-5-7-9-17-22(23-18-12-13-19-24(23)25(26)27)21-16-11-10-15-20(21)14-8-6-4-2/h10-13,15-16,18-19,22H,3-9,14,17H2,1-2H3,(H,26,27). The van der Waals surface area contributed by atoms with Crippen LogP contribution in [-0.4, -0.2) is 11.1 Å². The predicted octanol–water partition coefficient (Wildman–Crippen LogP) is 7.22. The van der Waals surface area contributed by atoms with Crippen LogP contribution in [0.1, 0.15) is 98.2 Å². The van der Waals surface area contributed by atoms with Crippen molar-refractivity contribution in [2.45, 2.75) is 77.6 Å². The van der Waals surface area contributed by atoms with Crippen LogP contribution in [0, 0.1) is 0 Å². The van der Waals surface area contributed by atoms with Crippen LogP contribution in [0.5, 0.6) is 0 Å². The molecule has 1 unspecified atom stereocenters. The molecule has 2 heteroatoms. The Morgan fingerprint density at radius 1 is 0.815 bits per heavy atom. The van der Waals surface area contributed by atoms with Gasteiger partial charge in [-0.05, 0) is 42.0 Å². The van der Waals surface area contributed by atoms with E-state index in [-0.39, 0.29) is 5.92 Å². The smallest absolute Gasteiger partial charge is 0.335 e. The predicted molar refractivity (Wildman–Crippen MR) is 114 cm³/mol. The van der Waals surface area contributed by atoms with Gasteiger partial charge in [0.25, 0.3) is 0 Å². The lowest BCUT2D eigenvalue weighted by Gasteiger charge is -2.23. The number of aromatic carboxylic acids is 1. The summed E-state index contributed by atoms with van der Waals surface area (Å²) >= 11 is 0. The van der Waals surface area contributed by atoms with Crippen molar-refractivity contribution in [3.05, 3.63) is 70.8 Å². The van der Waals surface area contributed by atoms with E-state index in [1.807, 2.05) is 18.2 Å². The molecule has 27 heavy (non-hydrogen) atoms. The van der Waals surface area contributed by atoms with Gasteiger partial charge in [-0.25, -0.2) is 4.79 Å². The minimum absolute atomic E-state index is 0.159. The molecule has 0 aromatic heterocycles. The molecule has 0 aliphatic heterocycles. The molecule has 2 aromatic carbocycles. The Morgan fingerprint density at radius 2 is 1.44 bits per heavy atom. The average Bonchev–Trinajstić information content (AvgIpc) is 2.69.